The molecule has 1 heterocycles. The molecule has 29 heavy (non-hydrogen) atoms. The second-order valence-electron chi connectivity index (χ2n) is 5.96. The van der Waals surface area contributed by atoms with Gasteiger partial charge in [0, 0.05) is 12.1 Å². The van der Waals surface area contributed by atoms with Crippen molar-refractivity contribution in [2.75, 3.05) is 12.9 Å². The van der Waals surface area contributed by atoms with E-state index in [-0.39, 0.29) is 17.4 Å². The van der Waals surface area contributed by atoms with Gasteiger partial charge in [-0.15, -0.1) is 10.2 Å². The van der Waals surface area contributed by atoms with Gasteiger partial charge in [0.1, 0.15) is 11.5 Å². The summed E-state index contributed by atoms with van der Waals surface area (Å²) in [4.78, 5) is 12.1. The summed E-state index contributed by atoms with van der Waals surface area (Å²) >= 11 is 1.29. The molecule has 0 saturated carbocycles. The van der Waals surface area contributed by atoms with Crippen LogP contribution in [0.2, 0.25) is 0 Å². The van der Waals surface area contributed by atoms with Gasteiger partial charge >= 0.3 is 0 Å². The number of methoxy groups -OCH3 is 1. The van der Waals surface area contributed by atoms with Crippen LogP contribution in [0.4, 0.5) is 0 Å². The zero-order valence-electron chi connectivity index (χ0n) is 16.1. The number of thioether (sulfide) groups is 1. The highest BCUT2D eigenvalue weighted by molar-refractivity contribution is 7.99. The smallest absolute Gasteiger partial charge is 0.250 e. The van der Waals surface area contributed by atoms with Crippen molar-refractivity contribution in [1.82, 2.24) is 20.2 Å². The molecule has 0 spiro atoms. The number of phenols is 1. The Morgan fingerprint density at radius 1 is 1.28 bits per heavy atom. The third-order valence-electron chi connectivity index (χ3n) is 3.99. The first kappa shape index (κ1) is 20.4. The van der Waals surface area contributed by atoms with Crippen molar-refractivity contribution in [2.45, 2.75) is 18.6 Å². The Kier molecular flexibility index (Phi) is 6.85. The number of hydrogen-bond donors (Lipinski definition) is 2. The van der Waals surface area contributed by atoms with E-state index in [9.17, 15) is 9.90 Å². The number of carbonyl (C=O) groups is 1. The molecule has 0 aliphatic carbocycles. The predicted molar refractivity (Wildman–Crippen MR) is 112 cm³/mol. The molecule has 0 fully saturated rings. The van der Waals surface area contributed by atoms with Crippen molar-refractivity contribution >= 4 is 23.9 Å². The molecule has 3 aromatic rings. The van der Waals surface area contributed by atoms with Crippen LogP contribution in [-0.2, 0) is 11.3 Å². The van der Waals surface area contributed by atoms with Gasteiger partial charge in [0.25, 0.3) is 5.91 Å². The predicted octanol–water partition coefficient (Wildman–Crippen LogP) is 2.92. The monoisotopic (exact) mass is 411 g/mol. The fourth-order valence-corrected chi connectivity index (χ4v) is 3.38. The lowest BCUT2D eigenvalue weighted by Gasteiger charge is -2.07. The minimum absolute atomic E-state index is 0.141. The van der Waals surface area contributed by atoms with E-state index in [4.69, 9.17) is 4.74 Å². The Balaban J connectivity index is 1.60. The van der Waals surface area contributed by atoms with E-state index in [0.717, 1.165) is 17.1 Å². The molecule has 0 aliphatic heterocycles. The standard InChI is InChI=1S/C20H21N5O3S/c1-3-25-19(15-7-9-17(28-2)10-8-15)23-24-20(25)29-13-18(27)22-21-12-14-5-4-6-16(26)11-14/h4-12,26H,3,13H2,1-2H3,(H,22,27). The largest absolute Gasteiger partial charge is 0.508 e. The SMILES string of the molecule is CCn1c(SCC(=O)NN=Cc2cccc(O)c2)nnc1-c1ccc(OC)cc1. The minimum atomic E-state index is -0.261. The number of hydrazone groups is 1. The Labute approximate surface area is 172 Å². The summed E-state index contributed by atoms with van der Waals surface area (Å²) < 4.78 is 7.14. The number of carbonyl (C=O) groups excluding carboxylic acids is 1. The molecule has 0 bridgehead atoms. The van der Waals surface area contributed by atoms with Crippen LogP contribution < -0.4 is 10.2 Å². The van der Waals surface area contributed by atoms with Crippen LogP contribution in [0.5, 0.6) is 11.5 Å². The van der Waals surface area contributed by atoms with Crippen LogP contribution in [0.3, 0.4) is 0 Å². The van der Waals surface area contributed by atoms with E-state index in [2.05, 4.69) is 20.7 Å². The number of phenolic OH excluding ortho intramolecular Hbond substituents is 1. The first-order valence-corrected chi connectivity index (χ1v) is 9.90. The number of nitrogens with one attached hydrogen (secondary N) is 1. The number of amides is 1. The molecule has 9 heteroatoms. The van der Waals surface area contributed by atoms with E-state index in [1.165, 1.54) is 18.0 Å². The quantitative estimate of drug-likeness (QED) is 0.336. The van der Waals surface area contributed by atoms with E-state index in [1.807, 2.05) is 35.8 Å². The van der Waals surface area contributed by atoms with Crippen LogP contribution in [0.1, 0.15) is 12.5 Å². The Morgan fingerprint density at radius 2 is 2.07 bits per heavy atom. The van der Waals surface area contributed by atoms with Gasteiger partial charge < -0.3 is 14.4 Å². The number of benzene rings is 2. The van der Waals surface area contributed by atoms with Gasteiger partial charge in [-0.25, -0.2) is 5.43 Å². The number of aromatic nitrogens is 3. The zero-order chi connectivity index (χ0) is 20.6. The molecule has 1 aromatic heterocycles. The number of rotatable bonds is 8. The number of nitrogens with zero attached hydrogens (tertiary/aromatic N) is 4. The maximum absolute atomic E-state index is 12.1. The van der Waals surface area contributed by atoms with Gasteiger partial charge in [-0.2, -0.15) is 5.10 Å². The topological polar surface area (TPSA) is 102 Å². The Bertz CT molecular complexity index is 1000. The van der Waals surface area contributed by atoms with Crippen LogP contribution in [-0.4, -0.2) is 44.9 Å². The van der Waals surface area contributed by atoms with Crippen molar-refractivity contribution in [3.05, 3.63) is 54.1 Å². The van der Waals surface area contributed by atoms with Gasteiger partial charge in [0.15, 0.2) is 11.0 Å². The van der Waals surface area contributed by atoms with E-state index < -0.39 is 0 Å². The maximum Gasteiger partial charge on any atom is 0.250 e. The van der Waals surface area contributed by atoms with Crippen molar-refractivity contribution < 1.29 is 14.6 Å². The molecule has 1 amide bonds. The summed E-state index contributed by atoms with van der Waals surface area (Å²) in [5, 5.41) is 22.5. The molecule has 0 saturated heterocycles. The summed E-state index contributed by atoms with van der Waals surface area (Å²) in [6.45, 7) is 2.67. The van der Waals surface area contributed by atoms with Crippen molar-refractivity contribution in [2.24, 2.45) is 5.10 Å². The van der Waals surface area contributed by atoms with Crippen LogP contribution in [0, 0.1) is 0 Å². The summed E-state index contributed by atoms with van der Waals surface area (Å²) in [5.74, 6) is 1.54. The zero-order valence-corrected chi connectivity index (χ0v) is 16.9. The van der Waals surface area contributed by atoms with Crippen molar-refractivity contribution in [3.8, 4) is 22.9 Å². The van der Waals surface area contributed by atoms with Gasteiger partial charge in [0.05, 0.1) is 19.1 Å². The third kappa shape index (κ3) is 5.35. The molecule has 150 valence electrons. The molecule has 8 nitrogen and oxygen atoms in total. The van der Waals surface area contributed by atoms with Crippen LogP contribution in [0.15, 0.2) is 58.8 Å². The fourth-order valence-electron chi connectivity index (χ4n) is 2.58. The maximum atomic E-state index is 12.1. The third-order valence-corrected chi connectivity index (χ3v) is 4.95. The average Bonchev–Trinajstić information content (AvgIpc) is 3.15. The number of hydrogen-bond acceptors (Lipinski definition) is 7. The van der Waals surface area contributed by atoms with Crippen LogP contribution >= 0.6 is 11.8 Å². The molecule has 2 N–H and O–H groups in total. The Hall–Kier alpha value is -3.33. The molecule has 0 unspecified atom stereocenters. The van der Waals surface area contributed by atoms with E-state index in [0.29, 0.717) is 17.3 Å². The normalized spacial score (nSPS) is 11.0. The van der Waals surface area contributed by atoms with Gasteiger partial charge in [0.2, 0.25) is 0 Å². The molecule has 3 rings (SSSR count). The van der Waals surface area contributed by atoms with Crippen molar-refractivity contribution in [3.63, 3.8) is 0 Å². The van der Waals surface area contributed by atoms with Gasteiger partial charge in [-0.05, 0) is 48.9 Å². The molecule has 0 aliphatic rings. The molecule has 0 radical (unpaired) electrons. The highest BCUT2D eigenvalue weighted by atomic mass is 32.2. The first-order valence-electron chi connectivity index (χ1n) is 8.92. The summed E-state index contributed by atoms with van der Waals surface area (Å²) in [6, 6.07) is 14.2. The molecule has 2 aromatic carbocycles. The molecular weight excluding hydrogens is 390 g/mol. The lowest BCUT2D eigenvalue weighted by Crippen LogP contribution is -2.20. The van der Waals surface area contributed by atoms with Crippen molar-refractivity contribution in [1.29, 1.82) is 0 Å². The molecular formula is C20H21N5O3S. The number of aromatic hydroxyl groups is 1. The first-order chi connectivity index (χ1) is 14.1. The summed E-state index contributed by atoms with van der Waals surface area (Å²) in [7, 11) is 1.62. The summed E-state index contributed by atoms with van der Waals surface area (Å²) in [6.07, 6.45) is 1.47. The summed E-state index contributed by atoms with van der Waals surface area (Å²) in [5.41, 5.74) is 4.08. The Morgan fingerprint density at radius 3 is 2.76 bits per heavy atom. The lowest BCUT2D eigenvalue weighted by atomic mass is 10.2. The van der Waals surface area contributed by atoms with Crippen LogP contribution in [0.25, 0.3) is 11.4 Å². The van der Waals surface area contributed by atoms with Gasteiger partial charge in [-0.1, -0.05) is 23.9 Å². The average molecular weight is 411 g/mol. The van der Waals surface area contributed by atoms with Gasteiger partial charge in [-0.3, -0.25) is 4.79 Å². The second-order valence-corrected chi connectivity index (χ2v) is 6.90. The highest BCUT2D eigenvalue weighted by Gasteiger charge is 2.14. The van der Waals surface area contributed by atoms with E-state index >= 15 is 0 Å². The van der Waals surface area contributed by atoms with E-state index in [1.54, 1.807) is 31.4 Å². The highest BCUT2D eigenvalue weighted by Crippen LogP contribution is 2.25. The lowest BCUT2D eigenvalue weighted by molar-refractivity contribution is -0.118. The number of ether oxygens (including phenoxy) is 1. The fraction of sp³-hybridized carbons (Fsp3) is 0.200. The molecule has 0 atom stereocenters. The second kappa shape index (κ2) is 9.74. The minimum Gasteiger partial charge on any atom is -0.508 e.